The van der Waals surface area contributed by atoms with E-state index >= 15 is 0 Å². The second kappa shape index (κ2) is 6.20. The van der Waals surface area contributed by atoms with Gasteiger partial charge in [-0.05, 0) is 12.8 Å². The van der Waals surface area contributed by atoms with Crippen molar-refractivity contribution in [2.24, 2.45) is 0 Å². The van der Waals surface area contributed by atoms with Crippen LogP contribution in [0.25, 0.3) is 0 Å². The maximum absolute atomic E-state index is 10.3. The van der Waals surface area contributed by atoms with E-state index < -0.39 is 49.2 Å². The molecule has 0 aromatic heterocycles. The highest BCUT2D eigenvalue weighted by atomic mass is 16.8. The van der Waals surface area contributed by atoms with E-state index in [0.29, 0.717) is 12.8 Å². The van der Waals surface area contributed by atoms with Gasteiger partial charge in [0, 0.05) is 6.42 Å². The smallest absolute Gasteiger partial charge is 0.194 e. The highest BCUT2D eigenvalue weighted by molar-refractivity contribution is 4.91. The van der Waals surface area contributed by atoms with E-state index in [2.05, 4.69) is 0 Å². The topological polar surface area (TPSA) is 140 Å². The van der Waals surface area contributed by atoms with E-state index in [0.717, 1.165) is 6.42 Å². The first-order valence-electron chi connectivity index (χ1n) is 6.78. The second-order valence-corrected chi connectivity index (χ2v) is 5.42. The largest absolute Gasteiger partial charge is 0.394 e. The Morgan fingerprint density at radius 3 is 2.35 bits per heavy atom. The van der Waals surface area contributed by atoms with Crippen LogP contribution < -0.4 is 0 Å². The van der Waals surface area contributed by atoms with Crippen molar-refractivity contribution in [3.8, 4) is 0 Å². The van der Waals surface area contributed by atoms with Crippen LogP contribution >= 0.6 is 0 Å². The van der Waals surface area contributed by atoms with E-state index in [1.165, 1.54) is 0 Å². The monoisotopic (exact) mass is 294 g/mol. The van der Waals surface area contributed by atoms with Gasteiger partial charge >= 0.3 is 0 Å². The summed E-state index contributed by atoms with van der Waals surface area (Å²) >= 11 is 0. The van der Waals surface area contributed by atoms with Gasteiger partial charge in [-0.1, -0.05) is 6.42 Å². The Labute approximate surface area is 116 Å². The predicted octanol–water partition coefficient (Wildman–Crippen LogP) is -2.57. The highest BCUT2D eigenvalue weighted by Gasteiger charge is 2.49. The molecule has 8 nitrogen and oxygen atoms in total. The van der Waals surface area contributed by atoms with Crippen LogP contribution in [0.5, 0.6) is 0 Å². The molecular weight excluding hydrogens is 272 g/mol. The van der Waals surface area contributed by atoms with Crippen LogP contribution in [0.1, 0.15) is 25.7 Å². The highest BCUT2D eigenvalue weighted by Crippen LogP contribution is 2.33. The van der Waals surface area contributed by atoms with E-state index in [1.807, 2.05) is 0 Å². The fourth-order valence-corrected chi connectivity index (χ4v) is 2.61. The SMILES string of the molecule is OC[C@H]1O[C@H](OC2(O)CCCCC2O)[C@H](O)[C@@H](O)[C@H]1O. The Bertz CT molecular complexity index is 325. The van der Waals surface area contributed by atoms with Crippen LogP contribution in [0.3, 0.4) is 0 Å². The van der Waals surface area contributed by atoms with Crippen molar-refractivity contribution < 1.29 is 40.1 Å². The van der Waals surface area contributed by atoms with Crippen LogP contribution in [0, 0.1) is 0 Å². The number of rotatable bonds is 3. The third-order valence-electron chi connectivity index (χ3n) is 3.95. The Balaban J connectivity index is 2.07. The molecule has 1 aliphatic carbocycles. The van der Waals surface area contributed by atoms with Crippen LogP contribution in [0.4, 0.5) is 0 Å². The Hall–Kier alpha value is -0.320. The molecule has 0 aromatic rings. The summed E-state index contributed by atoms with van der Waals surface area (Å²) in [5.41, 5.74) is 0. The third-order valence-corrected chi connectivity index (χ3v) is 3.95. The van der Waals surface area contributed by atoms with Crippen molar-refractivity contribution in [3.05, 3.63) is 0 Å². The fourth-order valence-electron chi connectivity index (χ4n) is 2.61. The molecule has 0 bridgehead atoms. The van der Waals surface area contributed by atoms with Gasteiger partial charge in [0.25, 0.3) is 0 Å². The molecule has 2 aliphatic rings. The summed E-state index contributed by atoms with van der Waals surface area (Å²) in [5, 5.41) is 58.2. The fraction of sp³-hybridized carbons (Fsp3) is 1.00. The molecule has 0 amide bonds. The van der Waals surface area contributed by atoms with Gasteiger partial charge < -0.3 is 40.1 Å². The second-order valence-electron chi connectivity index (χ2n) is 5.42. The van der Waals surface area contributed by atoms with Crippen LogP contribution in [-0.2, 0) is 9.47 Å². The number of aliphatic hydroxyl groups excluding tert-OH is 5. The molecule has 8 heteroatoms. The maximum atomic E-state index is 10.3. The van der Waals surface area contributed by atoms with Crippen LogP contribution in [0.15, 0.2) is 0 Å². The summed E-state index contributed by atoms with van der Waals surface area (Å²) in [7, 11) is 0. The summed E-state index contributed by atoms with van der Waals surface area (Å²) < 4.78 is 10.4. The van der Waals surface area contributed by atoms with Gasteiger partial charge in [0.1, 0.15) is 30.5 Å². The minimum Gasteiger partial charge on any atom is -0.394 e. The van der Waals surface area contributed by atoms with Crippen molar-refractivity contribution in [3.63, 3.8) is 0 Å². The Morgan fingerprint density at radius 1 is 1.05 bits per heavy atom. The van der Waals surface area contributed by atoms with Gasteiger partial charge in [-0.25, -0.2) is 0 Å². The number of hydrogen-bond acceptors (Lipinski definition) is 8. The Morgan fingerprint density at radius 2 is 1.75 bits per heavy atom. The molecule has 2 rings (SSSR count). The normalized spacial score (nSPS) is 50.1. The molecule has 1 saturated carbocycles. The molecule has 118 valence electrons. The zero-order valence-electron chi connectivity index (χ0n) is 11.0. The molecule has 1 saturated heterocycles. The lowest BCUT2D eigenvalue weighted by Crippen LogP contribution is -2.62. The van der Waals surface area contributed by atoms with E-state index in [4.69, 9.17) is 14.6 Å². The molecule has 2 unspecified atom stereocenters. The zero-order chi connectivity index (χ0) is 14.9. The number of aliphatic hydroxyl groups is 6. The van der Waals surface area contributed by atoms with E-state index in [1.54, 1.807) is 0 Å². The Kier molecular flexibility index (Phi) is 4.98. The number of hydrogen-bond donors (Lipinski definition) is 6. The molecule has 6 N–H and O–H groups in total. The molecule has 0 radical (unpaired) electrons. The van der Waals surface area contributed by atoms with Crippen molar-refractivity contribution in [1.29, 1.82) is 0 Å². The minimum atomic E-state index is -1.87. The molecule has 1 aliphatic heterocycles. The maximum Gasteiger partial charge on any atom is 0.194 e. The van der Waals surface area contributed by atoms with Crippen LogP contribution in [0.2, 0.25) is 0 Å². The summed E-state index contributed by atoms with van der Waals surface area (Å²) in [6, 6.07) is 0. The van der Waals surface area contributed by atoms with E-state index in [-0.39, 0.29) is 6.42 Å². The van der Waals surface area contributed by atoms with Gasteiger partial charge in [0.05, 0.1) is 6.61 Å². The van der Waals surface area contributed by atoms with Crippen molar-refractivity contribution in [2.45, 2.75) is 68.3 Å². The summed E-state index contributed by atoms with van der Waals surface area (Å²) in [5.74, 6) is -1.87. The van der Waals surface area contributed by atoms with Gasteiger partial charge in [0.15, 0.2) is 12.1 Å². The van der Waals surface area contributed by atoms with Gasteiger partial charge in [-0.2, -0.15) is 0 Å². The molecular formula is C12H22O8. The van der Waals surface area contributed by atoms with Crippen LogP contribution in [-0.4, -0.2) is 79.8 Å². The predicted molar refractivity (Wildman–Crippen MR) is 64.3 cm³/mol. The summed E-state index contributed by atoms with van der Waals surface area (Å²) in [4.78, 5) is 0. The zero-order valence-corrected chi connectivity index (χ0v) is 11.0. The molecule has 1 heterocycles. The summed E-state index contributed by atoms with van der Waals surface area (Å²) in [6.45, 7) is -0.578. The molecule has 7 atom stereocenters. The third kappa shape index (κ3) is 2.97. The average molecular weight is 294 g/mol. The first-order valence-corrected chi connectivity index (χ1v) is 6.78. The van der Waals surface area contributed by atoms with Gasteiger partial charge in [-0.15, -0.1) is 0 Å². The minimum absolute atomic E-state index is 0.170. The lowest BCUT2D eigenvalue weighted by molar-refractivity contribution is -0.382. The van der Waals surface area contributed by atoms with Gasteiger partial charge in [-0.3, -0.25) is 0 Å². The molecule has 2 fully saturated rings. The lowest BCUT2D eigenvalue weighted by Gasteiger charge is -2.45. The first-order chi connectivity index (χ1) is 9.39. The van der Waals surface area contributed by atoms with E-state index in [9.17, 15) is 25.5 Å². The average Bonchev–Trinajstić information content (AvgIpc) is 2.43. The summed E-state index contributed by atoms with van der Waals surface area (Å²) in [6.07, 6.45) is -6.40. The molecule has 0 aromatic carbocycles. The number of ether oxygens (including phenoxy) is 2. The standard InChI is InChI=1S/C12H22O8/c13-5-6-8(15)9(16)10(17)11(19-6)20-12(18)4-2-1-3-7(12)14/h6-11,13-18H,1-5H2/t6-,7?,8+,9+,10-,11-,12?/m1/s1. The molecule has 0 spiro atoms. The van der Waals surface area contributed by atoms with Crippen molar-refractivity contribution in [1.82, 2.24) is 0 Å². The quantitative estimate of drug-likeness (QED) is 0.312. The van der Waals surface area contributed by atoms with Crippen molar-refractivity contribution >= 4 is 0 Å². The molecule has 20 heavy (non-hydrogen) atoms. The van der Waals surface area contributed by atoms with Crippen molar-refractivity contribution in [2.75, 3.05) is 6.61 Å². The first kappa shape index (κ1) is 16.1. The lowest BCUT2D eigenvalue weighted by atomic mass is 9.91. The van der Waals surface area contributed by atoms with Gasteiger partial charge in [0.2, 0.25) is 0 Å².